The van der Waals surface area contributed by atoms with Crippen molar-refractivity contribution >= 4 is 0 Å². The molecule has 0 saturated heterocycles. The maximum absolute atomic E-state index is 5.80. The Labute approximate surface area is 108 Å². The third-order valence-corrected chi connectivity index (χ3v) is 2.74. The summed E-state index contributed by atoms with van der Waals surface area (Å²) >= 11 is 0. The van der Waals surface area contributed by atoms with Crippen LogP contribution in [-0.2, 0) is 6.61 Å². The van der Waals surface area contributed by atoms with Gasteiger partial charge in [0.2, 0.25) is 0 Å². The van der Waals surface area contributed by atoms with Crippen LogP contribution in [0, 0.1) is 6.92 Å². The summed E-state index contributed by atoms with van der Waals surface area (Å²) in [4.78, 5) is 4.14. The van der Waals surface area contributed by atoms with E-state index in [-0.39, 0.29) is 6.04 Å². The fourth-order valence-corrected chi connectivity index (χ4v) is 1.73. The number of nitrogens with two attached hydrogens (primary N) is 1. The van der Waals surface area contributed by atoms with Crippen molar-refractivity contribution in [3.8, 4) is 5.75 Å². The zero-order valence-electron chi connectivity index (χ0n) is 10.8. The molecule has 0 spiro atoms. The van der Waals surface area contributed by atoms with Crippen LogP contribution in [0.2, 0.25) is 0 Å². The first-order valence-corrected chi connectivity index (χ1v) is 6.04. The number of hydrogen-bond acceptors (Lipinski definition) is 3. The Morgan fingerprint density at radius 1 is 1.22 bits per heavy atom. The van der Waals surface area contributed by atoms with Gasteiger partial charge in [0, 0.05) is 24.0 Å². The standard InChI is InChI=1S/C15H18N2O/c1-11-7-13(9-17-8-11)10-18-15-5-3-14(4-6-15)12(2)16/h3-9,12H,10,16H2,1-2H3. The maximum Gasteiger partial charge on any atom is 0.119 e. The summed E-state index contributed by atoms with van der Waals surface area (Å²) in [5, 5.41) is 0. The number of benzene rings is 1. The maximum atomic E-state index is 5.80. The lowest BCUT2D eigenvalue weighted by Gasteiger charge is -2.09. The lowest BCUT2D eigenvalue weighted by molar-refractivity contribution is 0.305. The molecule has 1 unspecified atom stereocenters. The Morgan fingerprint density at radius 3 is 2.56 bits per heavy atom. The summed E-state index contributed by atoms with van der Waals surface area (Å²) in [6, 6.07) is 10.0. The van der Waals surface area contributed by atoms with E-state index < -0.39 is 0 Å². The third-order valence-electron chi connectivity index (χ3n) is 2.74. The minimum atomic E-state index is 0.0556. The summed E-state index contributed by atoms with van der Waals surface area (Å²) in [6.07, 6.45) is 3.66. The lowest BCUT2D eigenvalue weighted by Crippen LogP contribution is -2.04. The van der Waals surface area contributed by atoms with Gasteiger partial charge in [0.05, 0.1) is 0 Å². The number of aromatic nitrogens is 1. The molecule has 0 saturated carbocycles. The van der Waals surface area contributed by atoms with Gasteiger partial charge in [-0.25, -0.2) is 0 Å². The van der Waals surface area contributed by atoms with Gasteiger partial charge in [-0.2, -0.15) is 0 Å². The van der Waals surface area contributed by atoms with Crippen LogP contribution in [0.3, 0.4) is 0 Å². The highest BCUT2D eigenvalue weighted by atomic mass is 16.5. The topological polar surface area (TPSA) is 48.1 Å². The van der Waals surface area contributed by atoms with E-state index in [1.807, 2.05) is 50.5 Å². The zero-order valence-corrected chi connectivity index (χ0v) is 10.8. The van der Waals surface area contributed by atoms with Crippen molar-refractivity contribution in [2.45, 2.75) is 26.5 Å². The van der Waals surface area contributed by atoms with Gasteiger partial charge >= 0.3 is 0 Å². The normalized spacial score (nSPS) is 12.2. The predicted molar refractivity (Wildman–Crippen MR) is 72.4 cm³/mol. The van der Waals surface area contributed by atoms with Crippen LogP contribution in [-0.4, -0.2) is 4.98 Å². The monoisotopic (exact) mass is 242 g/mol. The molecule has 3 heteroatoms. The van der Waals surface area contributed by atoms with Crippen molar-refractivity contribution in [2.75, 3.05) is 0 Å². The van der Waals surface area contributed by atoms with Crippen molar-refractivity contribution in [3.63, 3.8) is 0 Å². The van der Waals surface area contributed by atoms with Crippen LogP contribution in [0.1, 0.15) is 29.7 Å². The van der Waals surface area contributed by atoms with E-state index >= 15 is 0 Å². The number of ether oxygens (including phenoxy) is 1. The van der Waals surface area contributed by atoms with E-state index in [1.165, 1.54) is 0 Å². The van der Waals surface area contributed by atoms with Gasteiger partial charge in [0.25, 0.3) is 0 Å². The first kappa shape index (κ1) is 12.6. The molecule has 18 heavy (non-hydrogen) atoms. The number of rotatable bonds is 4. The van der Waals surface area contributed by atoms with Crippen molar-refractivity contribution in [2.24, 2.45) is 5.73 Å². The van der Waals surface area contributed by atoms with Crippen molar-refractivity contribution < 1.29 is 4.74 Å². The van der Waals surface area contributed by atoms with E-state index in [1.54, 1.807) is 0 Å². The number of nitrogens with zero attached hydrogens (tertiary/aromatic N) is 1. The van der Waals surface area contributed by atoms with Gasteiger partial charge in [-0.3, -0.25) is 4.98 Å². The molecule has 2 aromatic rings. The minimum absolute atomic E-state index is 0.0556. The minimum Gasteiger partial charge on any atom is -0.489 e. The SMILES string of the molecule is Cc1cncc(COc2ccc(C(C)N)cc2)c1. The second-order valence-corrected chi connectivity index (χ2v) is 4.52. The Hall–Kier alpha value is -1.87. The summed E-state index contributed by atoms with van der Waals surface area (Å²) < 4.78 is 5.70. The highest BCUT2D eigenvalue weighted by Gasteiger charge is 2.00. The molecule has 0 aliphatic rings. The average Bonchev–Trinajstić information content (AvgIpc) is 2.37. The Balaban J connectivity index is 1.98. The first-order valence-electron chi connectivity index (χ1n) is 6.04. The number of hydrogen-bond donors (Lipinski definition) is 1. The number of pyridine rings is 1. The van der Waals surface area contributed by atoms with E-state index in [2.05, 4.69) is 11.1 Å². The molecule has 2 rings (SSSR count). The van der Waals surface area contributed by atoms with Crippen LogP contribution < -0.4 is 10.5 Å². The van der Waals surface area contributed by atoms with Gasteiger partial charge in [0.1, 0.15) is 12.4 Å². The second-order valence-electron chi connectivity index (χ2n) is 4.52. The highest BCUT2D eigenvalue weighted by molar-refractivity contribution is 5.29. The van der Waals surface area contributed by atoms with Gasteiger partial charge < -0.3 is 10.5 Å². The van der Waals surface area contributed by atoms with E-state index in [0.717, 1.165) is 22.4 Å². The predicted octanol–water partition coefficient (Wildman–Crippen LogP) is 2.99. The van der Waals surface area contributed by atoms with Gasteiger partial charge in [-0.15, -0.1) is 0 Å². The Bertz CT molecular complexity index is 506. The molecule has 1 aromatic carbocycles. The molecule has 2 N–H and O–H groups in total. The molecule has 0 amide bonds. The van der Waals surface area contributed by atoms with Crippen molar-refractivity contribution in [3.05, 3.63) is 59.4 Å². The molecule has 0 bridgehead atoms. The first-order chi connectivity index (χ1) is 8.65. The summed E-state index contributed by atoms with van der Waals surface area (Å²) in [6.45, 7) is 4.52. The van der Waals surface area contributed by atoms with Crippen molar-refractivity contribution in [1.82, 2.24) is 4.98 Å². The molecule has 1 aromatic heterocycles. The van der Waals surface area contributed by atoms with Crippen LogP contribution in [0.15, 0.2) is 42.7 Å². The molecule has 0 aliphatic heterocycles. The van der Waals surface area contributed by atoms with Gasteiger partial charge in [0.15, 0.2) is 0 Å². The van der Waals surface area contributed by atoms with E-state index in [9.17, 15) is 0 Å². The van der Waals surface area contributed by atoms with Gasteiger partial charge in [-0.1, -0.05) is 12.1 Å². The smallest absolute Gasteiger partial charge is 0.119 e. The van der Waals surface area contributed by atoms with Crippen LogP contribution in [0.4, 0.5) is 0 Å². The highest BCUT2D eigenvalue weighted by Crippen LogP contribution is 2.17. The van der Waals surface area contributed by atoms with Crippen LogP contribution in [0.5, 0.6) is 5.75 Å². The van der Waals surface area contributed by atoms with Gasteiger partial charge in [-0.05, 0) is 43.2 Å². The molecule has 1 atom stereocenters. The van der Waals surface area contributed by atoms with E-state index in [0.29, 0.717) is 6.61 Å². The summed E-state index contributed by atoms with van der Waals surface area (Å²) in [7, 11) is 0. The molecule has 0 radical (unpaired) electrons. The van der Waals surface area contributed by atoms with Crippen LogP contribution >= 0.6 is 0 Å². The van der Waals surface area contributed by atoms with Crippen molar-refractivity contribution in [1.29, 1.82) is 0 Å². The summed E-state index contributed by atoms with van der Waals surface area (Å²) in [5.74, 6) is 0.848. The average molecular weight is 242 g/mol. The molecule has 3 nitrogen and oxygen atoms in total. The molecule has 0 aliphatic carbocycles. The largest absolute Gasteiger partial charge is 0.489 e. The molecular formula is C15H18N2O. The zero-order chi connectivity index (χ0) is 13.0. The molecule has 0 fully saturated rings. The quantitative estimate of drug-likeness (QED) is 0.896. The number of aryl methyl sites for hydroxylation is 1. The Kier molecular flexibility index (Phi) is 3.95. The fraction of sp³-hybridized carbons (Fsp3) is 0.267. The van der Waals surface area contributed by atoms with E-state index in [4.69, 9.17) is 10.5 Å². The lowest BCUT2D eigenvalue weighted by atomic mass is 10.1. The summed E-state index contributed by atoms with van der Waals surface area (Å²) in [5.41, 5.74) is 9.12. The second kappa shape index (κ2) is 5.65. The van der Waals surface area contributed by atoms with Crippen LogP contribution in [0.25, 0.3) is 0 Å². The Morgan fingerprint density at radius 2 is 1.94 bits per heavy atom. The molecule has 94 valence electrons. The molecule has 1 heterocycles. The third kappa shape index (κ3) is 3.31. The molecular weight excluding hydrogens is 224 g/mol. The fourth-order valence-electron chi connectivity index (χ4n) is 1.73.